The van der Waals surface area contributed by atoms with E-state index in [1.54, 1.807) is 12.3 Å². The normalized spacial score (nSPS) is 12.1. The van der Waals surface area contributed by atoms with Crippen LogP contribution < -0.4 is 5.32 Å². The predicted molar refractivity (Wildman–Crippen MR) is 73.7 cm³/mol. The Bertz CT molecular complexity index is 553. The molecule has 6 heteroatoms. The first-order valence-electron chi connectivity index (χ1n) is 6.72. The van der Waals surface area contributed by atoms with Crippen molar-refractivity contribution in [2.45, 2.75) is 39.2 Å². The molecule has 20 heavy (non-hydrogen) atoms. The van der Waals surface area contributed by atoms with Gasteiger partial charge < -0.3 is 9.73 Å². The van der Waals surface area contributed by atoms with Gasteiger partial charge in [-0.2, -0.15) is 0 Å². The Morgan fingerprint density at radius 3 is 2.95 bits per heavy atom. The molecule has 0 radical (unpaired) electrons. The van der Waals surface area contributed by atoms with Gasteiger partial charge in [-0.3, -0.25) is 9.78 Å². The molecule has 2 rings (SSSR count). The fourth-order valence-electron chi connectivity index (χ4n) is 1.62. The third kappa shape index (κ3) is 3.88. The maximum Gasteiger partial charge on any atom is 0.266 e. The lowest BCUT2D eigenvalue weighted by molar-refractivity contribution is -0.121. The molecular formula is C14H18N4O2. The van der Waals surface area contributed by atoms with Crippen LogP contribution >= 0.6 is 0 Å². The molecule has 0 aliphatic rings. The molecule has 2 aromatic heterocycles. The molecule has 2 heterocycles. The van der Waals surface area contributed by atoms with E-state index in [9.17, 15) is 4.79 Å². The summed E-state index contributed by atoms with van der Waals surface area (Å²) < 4.78 is 5.49. The first kappa shape index (κ1) is 14.2. The molecule has 1 unspecified atom stereocenters. The lowest BCUT2D eigenvalue weighted by Gasteiger charge is -2.10. The zero-order chi connectivity index (χ0) is 14.4. The van der Waals surface area contributed by atoms with Crippen LogP contribution in [0.4, 0.5) is 0 Å². The molecule has 1 N–H and O–H groups in total. The first-order valence-corrected chi connectivity index (χ1v) is 6.72. The van der Waals surface area contributed by atoms with E-state index in [2.05, 4.69) is 20.5 Å². The van der Waals surface area contributed by atoms with Gasteiger partial charge in [-0.25, -0.2) is 0 Å². The summed E-state index contributed by atoms with van der Waals surface area (Å²) in [6.07, 6.45) is 3.35. The van der Waals surface area contributed by atoms with Crippen molar-refractivity contribution in [2.75, 3.05) is 0 Å². The molecule has 6 nitrogen and oxygen atoms in total. The van der Waals surface area contributed by atoms with Crippen LogP contribution in [-0.2, 0) is 11.2 Å². The topological polar surface area (TPSA) is 80.9 Å². The van der Waals surface area contributed by atoms with Crippen LogP contribution in [0.1, 0.15) is 32.6 Å². The van der Waals surface area contributed by atoms with Gasteiger partial charge >= 0.3 is 0 Å². The van der Waals surface area contributed by atoms with Crippen molar-refractivity contribution in [3.8, 4) is 11.6 Å². The zero-order valence-electron chi connectivity index (χ0n) is 11.7. The Kier molecular flexibility index (Phi) is 4.81. The summed E-state index contributed by atoms with van der Waals surface area (Å²) >= 11 is 0. The Hall–Kier alpha value is -2.24. The third-order valence-corrected chi connectivity index (χ3v) is 2.94. The predicted octanol–water partition coefficient (Wildman–Crippen LogP) is 1.98. The maximum absolute atomic E-state index is 11.6. The van der Waals surface area contributed by atoms with Gasteiger partial charge in [0, 0.05) is 25.1 Å². The van der Waals surface area contributed by atoms with Crippen LogP contribution in [0, 0.1) is 0 Å². The van der Waals surface area contributed by atoms with E-state index >= 15 is 0 Å². The fraction of sp³-hybridized carbons (Fsp3) is 0.429. The summed E-state index contributed by atoms with van der Waals surface area (Å²) in [6, 6.07) is 5.66. The van der Waals surface area contributed by atoms with Gasteiger partial charge in [0.2, 0.25) is 11.8 Å². The average Bonchev–Trinajstić information content (AvgIpc) is 2.95. The van der Waals surface area contributed by atoms with E-state index in [0.29, 0.717) is 30.3 Å². The summed E-state index contributed by atoms with van der Waals surface area (Å²) in [4.78, 5) is 15.8. The minimum absolute atomic E-state index is 0.00284. The van der Waals surface area contributed by atoms with Crippen LogP contribution in [0.25, 0.3) is 11.6 Å². The third-order valence-electron chi connectivity index (χ3n) is 2.94. The second-order valence-electron chi connectivity index (χ2n) is 4.59. The van der Waals surface area contributed by atoms with E-state index in [4.69, 9.17) is 4.42 Å². The average molecular weight is 274 g/mol. The number of carbonyl (C=O) groups excluding carboxylic acids is 1. The van der Waals surface area contributed by atoms with Gasteiger partial charge in [-0.1, -0.05) is 13.0 Å². The second-order valence-corrected chi connectivity index (χ2v) is 4.59. The monoisotopic (exact) mass is 274 g/mol. The van der Waals surface area contributed by atoms with E-state index in [1.807, 2.05) is 26.0 Å². The molecule has 2 aromatic rings. The molecule has 1 amide bonds. The van der Waals surface area contributed by atoms with Gasteiger partial charge in [0.15, 0.2) is 0 Å². The maximum atomic E-state index is 11.6. The number of hydrogen-bond acceptors (Lipinski definition) is 5. The minimum Gasteiger partial charge on any atom is -0.419 e. The highest BCUT2D eigenvalue weighted by atomic mass is 16.4. The summed E-state index contributed by atoms with van der Waals surface area (Å²) in [6.45, 7) is 4.01. The highest BCUT2D eigenvalue weighted by Gasteiger charge is 2.11. The molecular weight excluding hydrogens is 256 g/mol. The Balaban J connectivity index is 1.89. The molecule has 0 saturated carbocycles. The Morgan fingerprint density at radius 2 is 2.25 bits per heavy atom. The van der Waals surface area contributed by atoms with Crippen molar-refractivity contribution in [3.05, 3.63) is 30.3 Å². The summed E-state index contributed by atoms with van der Waals surface area (Å²) in [5.74, 6) is 0.824. The van der Waals surface area contributed by atoms with Crippen LogP contribution in [0.2, 0.25) is 0 Å². The molecule has 106 valence electrons. The molecule has 1 atom stereocenters. The summed E-state index contributed by atoms with van der Waals surface area (Å²) in [5.41, 5.74) is 0.635. The number of hydrogen-bond donors (Lipinski definition) is 1. The number of aryl methyl sites for hydroxylation is 1. The van der Waals surface area contributed by atoms with Crippen molar-refractivity contribution >= 4 is 5.91 Å². The molecule has 0 saturated heterocycles. The largest absolute Gasteiger partial charge is 0.419 e. The van der Waals surface area contributed by atoms with E-state index in [-0.39, 0.29) is 11.9 Å². The minimum atomic E-state index is -0.00284. The Morgan fingerprint density at radius 1 is 1.40 bits per heavy atom. The van der Waals surface area contributed by atoms with Crippen LogP contribution in [0.15, 0.2) is 28.8 Å². The molecule has 0 aromatic carbocycles. The SMILES string of the molecule is CCC(C)NC(=O)CCc1nnc(-c2ccccn2)o1. The second kappa shape index (κ2) is 6.79. The van der Waals surface area contributed by atoms with Gasteiger partial charge in [0.05, 0.1) is 0 Å². The molecule has 0 bridgehead atoms. The molecule has 0 spiro atoms. The standard InChI is InChI=1S/C14H18N4O2/c1-3-10(2)16-12(19)7-8-13-17-18-14(20-13)11-6-4-5-9-15-11/h4-6,9-10H,3,7-8H2,1-2H3,(H,16,19). The highest BCUT2D eigenvalue weighted by molar-refractivity contribution is 5.76. The molecule has 0 aliphatic carbocycles. The van der Waals surface area contributed by atoms with E-state index in [1.165, 1.54) is 0 Å². The molecule has 0 aliphatic heterocycles. The summed E-state index contributed by atoms with van der Waals surface area (Å²) in [5, 5.41) is 10.8. The van der Waals surface area contributed by atoms with Crippen LogP contribution in [0.5, 0.6) is 0 Å². The fourth-order valence-corrected chi connectivity index (χ4v) is 1.62. The number of rotatable bonds is 6. The van der Waals surface area contributed by atoms with Crippen LogP contribution in [-0.4, -0.2) is 27.1 Å². The van der Waals surface area contributed by atoms with Gasteiger partial charge in [-0.15, -0.1) is 10.2 Å². The van der Waals surface area contributed by atoms with Gasteiger partial charge in [0.1, 0.15) is 5.69 Å². The lowest BCUT2D eigenvalue weighted by Crippen LogP contribution is -2.32. The van der Waals surface area contributed by atoms with Crippen molar-refractivity contribution in [3.63, 3.8) is 0 Å². The number of carbonyl (C=O) groups is 1. The van der Waals surface area contributed by atoms with Gasteiger partial charge in [0.25, 0.3) is 5.89 Å². The number of nitrogens with zero attached hydrogens (tertiary/aromatic N) is 3. The molecule has 0 fully saturated rings. The van der Waals surface area contributed by atoms with Crippen molar-refractivity contribution in [1.82, 2.24) is 20.5 Å². The van der Waals surface area contributed by atoms with Crippen molar-refractivity contribution in [1.29, 1.82) is 0 Å². The number of aromatic nitrogens is 3. The number of amides is 1. The van der Waals surface area contributed by atoms with Crippen molar-refractivity contribution < 1.29 is 9.21 Å². The highest BCUT2D eigenvalue weighted by Crippen LogP contribution is 2.14. The zero-order valence-corrected chi connectivity index (χ0v) is 11.7. The van der Waals surface area contributed by atoms with Gasteiger partial charge in [-0.05, 0) is 25.5 Å². The Labute approximate surface area is 117 Å². The number of pyridine rings is 1. The van der Waals surface area contributed by atoms with Crippen molar-refractivity contribution in [2.24, 2.45) is 0 Å². The smallest absolute Gasteiger partial charge is 0.266 e. The quantitative estimate of drug-likeness (QED) is 0.871. The first-order chi connectivity index (χ1) is 9.69. The number of nitrogens with one attached hydrogen (secondary N) is 1. The summed E-state index contributed by atoms with van der Waals surface area (Å²) in [7, 11) is 0. The lowest BCUT2D eigenvalue weighted by atomic mass is 10.2. The van der Waals surface area contributed by atoms with Crippen LogP contribution in [0.3, 0.4) is 0 Å². The van der Waals surface area contributed by atoms with E-state index in [0.717, 1.165) is 6.42 Å². The van der Waals surface area contributed by atoms with E-state index < -0.39 is 0 Å².